The Balaban J connectivity index is 1.71. The highest BCUT2D eigenvalue weighted by atomic mass is 79.9. The van der Waals surface area contributed by atoms with E-state index in [0.29, 0.717) is 11.5 Å². The molecular weight excluding hydrogens is 385 g/mol. The van der Waals surface area contributed by atoms with Gasteiger partial charge in [0.05, 0.1) is 29.5 Å². The lowest BCUT2D eigenvalue weighted by Gasteiger charge is -2.35. The van der Waals surface area contributed by atoms with E-state index in [1.807, 2.05) is 6.92 Å². The lowest BCUT2D eigenvalue weighted by molar-refractivity contribution is -0.137. The van der Waals surface area contributed by atoms with E-state index >= 15 is 0 Å². The van der Waals surface area contributed by atoms with Crippen LogP contribution in [0.4, 0.5) is 13.2 Å². The van der Waals surface area contributed by atoms with Crippen molar-refractivity contribution in [1.29, 1.82) is 0 Å². The largest absolute Gasteiger partial charge is 0.416 e. The number of halogens is 4. The van der Waals surface area contributed by atoms with Gasteiger partial charge in [-0.2, -0.15) is 13.2 Å². The van der Waals surface area contributed by atoms with Gasteiger partial charge in [0, 0.05) is 11.2 Å². The van der Waals surface area contributed by atoms with Crippen molar-refractivity contribution >= 4 is 15.9 Å². The molecule has 2 aliphatic rings. The molecule has 4 unspecified atom stereocenters. The third kappa shape index (κ3) is 3.01. The highest BCUT2D eigenvalue weighted by Crippen LogP contribution is 2.57. The Morgan fingerprint density at radius 2 is 2.04 bits per heavy atom. The predicted octanol–water partition coefficient (Wildman–Crippen LogP) is 5.33. The summed E-state index contributed by atoms with van der Waals surface area (Å²) in [6, 6.07) is 5.32. The molecule has 0 aliphatic carbocycles. The molecule has 2 saturated heterocycles. The van der Waals surface area contributed by atoms with Gasteiger partial charge in [-0.1, -0.05) is 41.9 Å². The normalized spacial score (nSPS) is 35.8. The van der Waals surface area contributed by atoms with Crippen molar-refractivity contribution in [2.45, 2.75) is 68.5 Å². The minimum Gasteiger partial charge on any atom is -0.370 e. The standard InChI is InChI=1S/C18H22BrF3O2/c1-11(2)17-9-15(16(3,24-17)8-14(17)19)23-10-12-5-4-6-13(7-12)18(20,21)22/h4-7,11,14-15H,8-10H2,1-3H3. The van der Waals surface area contributed by atoms with Gasteiger partial charge < -0.3 is 9.47 Å². The van der Waals surface area contributed by atoms with Crippen LogP contribution in [0.15, 0.2) is 24.3 Å². The molecule has 2 fully saturated rings. The van der Waals surface area contributed by atoms with Gasteiger partial charge in [-0.15, -0.1) is 0 Å². The van der Waals surface area contributed by atoms with Crippen LogP contribution in [-0.4, -0.2) is 22.1 Å². The van der Waals surface area contributed by atoms with Gasteiger partial charge in [0.2, 0.25) is 0 Å². The Labute approximate surface area is 148 Å². The maximum atomic E-state index is 12.8. The summed E-state index contributed by atoms with van der Waals surface area (Å²) < 4.78 is 50.8. The molecule has 2 bridgehead atoms. The van der Waals surface area contributed by atoms with E-state index in [2.05, 4.69) is 29.8 Å². The van der Waals surface area contributed by atoms with Crippen molar-refractivity contribution in [1.82, 2.24) is 0 Å². The number of fused-ring (bicyclic) bond motifs is 2. The number of benzene rings is 1. The first-order chi connectivity index (χ1) is 11.1. The van der Waals surface area contributed by atoms with Crippen molar-refractivity contribution in [3.63, 3.8) is 0 Å². The Morgan fingerprint density at radius 3 is 2.62 bits per heavy atom. The first-order valence-corrected chi connectivity index (χ1v) is 9.10. The minimum absolute atomic E-state index is 0.108. The second-order valence-corrected chi connectivity index (χ2v) is 8.50. The minimum atomic E-state index is -4.33. The van der Waals surface area contributed by atoms with Crippen molar-refractivity contribution in [2.75, 3.05) is 0 Å². The molecule has 0 spiro atoms. The zero-order valence-electron chi connectivity index (χ0n) is 14.0. The fraction of sp³-hybridized carbons (Fsp3) is 0.667. The SMILES string of the molecule is CC(C)C12CC(OCc3cccc(C(F)(F)F)c3)C(C)(CC1Br)O2. The summed E-state index contributed by atoms with van der Waals surface area (Å²) in [4.78, 5) is 0.281. The van der Waals surface area contributed by atoms with Crippen molar-refractivity contribution in [2.24, 2.45) is 5.92 Å². The van der Waals surface area contributed by atoms with Gasteiger partial charge in [0.1, 0.15) is 0 Å². The van der Waals surface area contributed by atoms with Gasteiger partial charge in [0.15, 0.2) is 0 Å². The predicted molar refractivity (Wildman–Crippen MR) is 89.0 cm³/mol. The Bertz CT molecular complexity index is 619. The van der Waals surface area contributed by atoms with E-state index < -0.39 is 11.7 Å². The molecule has 2 nitrogen and oxygen atoms in total. The molecule has 4 atom stereocenters. The third-order valence-electron chi connectivity index (χ3n) is 5.41. The number of rotatable bonds is 4. The van der Waals surface area contributed by atoms with Crippen LogP contribution in [-0.2, 0) is 22.3 Å². The van der Waals surface area contributed by atoms with Gasteiger partial charge in [-0.25, -0.2) is 0 Å². The molecule has 0 saturated carbocycles. The molecule has 1 aromatic rings. The molecular formula is C18H22BrF3O2. The second kappa shape index (κ2) is 5.99. The molecule has 2 heterocycles. The number of alkyl halides is 4. The first kappa shape index (κ1) is 18.2. The Kier molecular flexibility index (Phi) is 4.54. The molecule has 134 valence electrons. The summed E-state index contributed by atoms with van der Waals surface area (Å²) in [5.74, 6) is 0.339. The summed E-state index contributed by atoms with van der Waals surface area (Å²) in [5.41, 5.74) is -0.754. The van der Waals surface area contributed by atoms with Gasteiger partial charge in [0.25, 0.3) is 0 Å². The third-order valence-corrected chi connectivity index (χ3v) is 6.50. The Hall–Kier alpha value is -0.590. The second-order valence-electron chi connectivity index (χ2n) is 7.40. The smallest absolute Gasteiger partial charge is 0.370 e. The molecule has 24 heavy (non-hydrogen) atoms. The van der Waals surface area contributed by atoms with E-state index in [4.69, 9.17) is 9.47 Å². The molecule has 0 N–H and O–H groups in total. The monoisotopic (exact) mass is 406 g/mol. The lowest BCUT2D eigenvalue weighted by Crippen LogP contribution is -2.44. The summed E-state index contributed by atoms with van der Waals surface area (Å²) in [5, 5.41) is 0. The highest BCUT2D eigenvalue weighted by Gasteiger charge is 2.65. The van der Waals surface area contributed by atoms with E-state index in [9.17, 15) is 13.2 Å². The first-order valence-electron chi connectivity index (χ1n) is 8.19. The number of hydrogen-bond acceptors (Lipinski definition) is 2. The Morgan fingerprint density at radius 1 is 1.33 bits per heavy atom. The zero-order chi connectivity index (χ0) is 17.8. The topological polar surface area (TPSA) is 18.5 Å². The van der Waals surface area contributed by atoms with Crippen molar-refractivity contribution in [3.8, 4) is 0 Å². The molecule has 0 radical (unpaired) electrons. The average Bonchev–Trinajstić information content (AvgIpc) is 2.92. The van der Waals surface area contributed by atoms with Crippen molar-refractivity contribution < 1.29 is 22.6 Å². The van der Waals surface area contributed by atoms with E-state index in [1.54, 1.807) is 6.07 Å². The fourth-order valence-corrected chi connectivity index (χ4v) is 5.38. The lowest BCUT2D eigenvalue weighted by atomic mass is 9.75. The molecule has 1 aromatic carbocycles. The van der Waals surface area contributed by atoms with Gasteiger partial charge in [-0.05, 0) is 37.0 Å². The van der Waals surface area contributed by atoms with Crippen LogP contribution >= 0.6 is 15.9 Å². The van der Waals surface area contributed by atoms with Crippen LogP contribution in [0.2, 0.25) is 0 Å². The summed E-state index contributed by atoms with van der Waals surface area (Å²) in [7, 11) is 0. The number of hydrogen-bond donors (Lipinski definition) is 0. The average molecular weight is 407 g/mol. The zero-order valence-corrected chi connectivity index (χ0v) is 15.6. The van der Waals surface area contributed by atoms with Crippen LogP contribution in [0.5, 0.6) is 0 Å². The quantitative estimate of drug-likeness (QED) is 0.628. The summed E-state index contributed by atoms with van der Waals surface area (Å²) in [6.07, 6.45) is -2.83. The fourth-order valence-electron chi connectivity index (χ4n) is 3.93. The van der Waals surface area contributed by atoms with Crippen LogP contribution in [0, 0.1) is 5.92 Å². The summed E-state index contributed by atoms with van der Waals surface area (Å²) >= 11 is 3.74. The maximum absolute atomic E-state index is 12.8. The van der Waals surface area contributed by atoms with Crippen LogP contribution in [0.25, 0.3) is 0 Å². The van der Waals surface area contributed by atoms with Gasteiger partial charge in [-0.3, -0.25) is 0 Å². The highest BCUT2D eigenvalue weighted by molar-refractivity contribution is 9.09. The van der Waals surface area contributed by atoms with Crippen LogP contribution in [0.1, 0.15) is 44.7 Å². The van der Waals surface area contributed by atoms with E-state index in [1.165, 1.54) is 6.07 Å². The molecule has 6 heteroatoms. The van der Waals surface area contributed by atoms with E-state index in [0.717, 1.165) is 25.0 Å². The summed E-state index contributed by atoms with van der Waals surface area (Å²) in [6.45, 7) is 6.47. The molecule has 2 aliphatic heterocycles. The molecule has 3 rings (SSSR count). The number of ether oxygens (including phenoxy) is 2. The maximum Gasteiger partial charge on any atom is 0.416 e. The van der Waals surface area contributed by atoms with Crippen LogP contribution < -0.4 is 0 Å². The molecule has 0 amide bonds. The van der Waals surface area contributed by atoms with E-state index in [-0.39, 0.29) is 28.7 Å². The van der Waals surface area contributed by atoms with Crippen molar-refractivity contribution in [3.05, 3.63) is 35.4 Å². The van der Waals surface area contributed by atoms with Crippen LogP contribution in [0.3, 0.4) is 0 Å². The van der Waals surface area contributed by atoms with Gasteiger partial charge >= 0.3 is 6.18 Å². The molecule has 0 aromatic heterocycles.